The molecule has 0 aliphatic heterocycles. The first-order chi connectivity index (χ1) is 10.1. The van der Waals surface area contributed by atoms with Crippen molar-refractivity contribution in [3.63, 3.8) is 0 Å². The highest BCUT2D eigenvalue weighted by Crippen LogP contribution is 2.48. The average Bonchev–Trinajstić information content (AvgIpc) is 3.30. The van der Waals surface area contributed by atoms with Crippen LogP contribution in [0.3, 0.4) is 0 Å². The lowest BCUT2D eigenvalue weighted by Gasteiger charge is -2.22. The molecule has 0 amide bonds. The van der Waals surface area contributed by atoms with E-state index in [2.05, 4.69) is 18.3 Å². The van der Waals surface area contributed by atoms with Gasteiger partial charge in [-0.15, -0.1) is 0 Å². The van der Waals surface area contributed by atoms with Crippen molar-refractivity contribution in [1.82, 2.24) is 5.32 Å². The van der Waals surface area contributed by atoms with Gasteiger partial charge in [0.1, 0.15) is 11.5 Å². The fourth-order valence-electron chi connectivity index (χ4n) is 2.67. The molecule has 0 heterocycles. The van der Waals surface area contributed by atoms with Crippen LogP contribution >= 0.6 is 0 Å². The van der Waals surface area contributed by atoms with Crippen LogP contribution in [0, 0.1) is 5.41 Å². The molecule has 4 nitrogen and oxygen atoms in total. The molecule has 2 rings (SSSR count). The molecule has 0 radical (unpaired) electrons. The largest absolute Gasteiger partial charge is 0.497 e. The van der Waals surface area contributed by atoms with Crippen LogP contribution in [0.5, 0.6) is 11.5 Å². The van der Waals surface area contributed by atoms with Crippen molar-refractivity contribution in [1.29, 1.82) is 0 Å². The van der Waals surface area contributed by atoms with Gasteiger partial charge < -0.3 is 19.5 Å². The monoisotopic (exact) mass is 293 g/mol. The lowest BCUT2D eigenvalue weighted by atomic mass is 10.0. The quantitative estimate of drug-likeness (QED) is 0.759. The molecule has 1 aromatic carbocycles. The summed E-state index contributed by atoms with van der Waals surface area (Å²) in [6.45, 7) is 4.06. The summed E-state index contributed by atoms with van der Waals surface area (Å²) in [5.74, 6) is 1.69. The second-order valence-electron chi connectivity index (χ2n) is 5.95. The molecule has 4 heteroatoms. The Morgan fingerprint density at radius 2 is 1.95 bits per heavy atom. The van der Waals surface area contributed by atoms with E-state index in [-0.39, 0.29) is 6.04 Å². The van der Waals surface area contributed by atoms with E-state index in [1.54, 1.807) is 21.3 Å². The molecule has 1 atom stereocenters. The van der Waals surface area contributed by atoms with Gasteiger partial charge in [-0.25, -0.2) is 0 Å². The van der Waals surface area contributed by atoms with Gasteiger partial charge in [-0.2, -0.15) is 0 Å². The minimum atomic E-state index is 0.255. The molecule has 1 aromatic rings. The first-order valence-corrected chi connectivity index (χ1v) is 7.58. The van der Waals surface area contributed by atoms with Crippen LogP contribution in [0.2, 0.25) is 0 Å². The van der Waals surface area contributed by atoms with Crippen LogP contribution in [0.1, 0.15) is 37.8 Å². The third-order valence-corrected chi connectivity index (χ3v) is 4.48. The number of hydrogen-bond donors (Lipinski definition) is 1. The van der Waals surface area contributed by atoms with Crippen molar-refractivity contribution < 1.29 is 14.2 Å². The molecule has 1 saturated carbocycles. The molecule has 118 valence electrons. The predicted octanol–water partition coefficient (Wildman–Crippen LogP) is 3.17. The molecular weight excluding hydrogens is 266 g/mol. The number of benzene rings is 1. The Labute approximate surface area is 127 Å². The Morgan fingerprint density at radius 1 is 1.19 bits per heavy atom. The third kappa shape index (κ3) is 4.11. The van der Waals surface area contributed by atoms with Crippen molar-refractivity contribution in [2.45, 2.75) is 32.2 Å². The Balaban J connectivity index is 1.95. The number of rotatable bonds is 9. The number of ether oxygens (including phenoxy) is 3. The Hall–Kier alpha value is -1.26. The second kappa shape index (κ2) is 7.14. The molecule has 0 saturated heterocycles. The number of hydrogen-bond acceptors (Lipinski definition) is 4. The van der Waals surface area contributed by atoms with Gasteiger partial charge in [0.25, 0.3) is 0 Å². The van der Waals surface area contributed by atoms with Crippen molar-refractivity contribution >= 4 is 0 Å². The predicted molar refractivity (Wildman–Crippen MR) is 84.1 cm³/mol. The zero-order valence-corrected chi connectivity index (χ0v) is 13.6. The molecule has 0 bridgehead atoms. The van der Waals surface area contributed by atoms with Crippen molar-refractivity contribution in [2.75, 3.05) is 34.5 Å². The molecule has 1 aliphatic carbocycles. The Bertz CT molecular complexity index is 457. The smallest absolute Gasteiger partial charge is 0.127 e. The number of nitrogens with one attached hydrogen (secondary N) is 1. The zero-order valence-electron chi connectivity index (χ0n) is 13.6. The minimum Gasteiger partial charge on any atom is -0.497 e. The standard InChI is InChI=1S/C17H27NO3/c1-13(18-12-17(7-8-17)9-10-19-2)15-6-5-14(20-3)11-16(15)21-4/h5-6,11,13,18H,7-10,12H2,1-4H3. The van der Waals surface area contributed by atoms with Gasteiger partial charge in [0.05, 0.1) is 14.2 Å². The summed E-state index contributed by atoms with van der Waals surface area (Å²) >= 11 is 0. The molecule has 21 heavy (non-hydrogen) atoms. The molecule has 0 spiro atoms. The zero-order chi connectivity index (χ0) is 15.3. The Morgan fingerprint density at radius 3 is 2.52 bits per heavy atom. The van der Waals surface area contributed by atoms with Gasteiger partial charge in [0, 0.05) is 37.9 Å². The number of methoxy groups -OCH3 is 3. The summed E-state index contributed by atoms with van der Waals surface area (Å²) in [7, 11) is 5.14. The van der Waals surface area contributed by atoms with Crippen LogP contribution in [0.25, 0.3) is 0 Å². The molecule has 0 aromatic heterocycles. The van der Waals surface area contributed by atoms with Gasteiger partial charge in [0.2, 0.25) is 0 Å². The topological polar surface area (TPSA) is 39.7 Å². The average molecular weight is 293 g/mol. The van der Waals surface area contributed by atoms with E-state index in [9.17, 15) is 0 Å². The van der Waals surface area contributed by atoms with E-state index in [4.69, 9.17) is 14.2 Å². The van der Waals surface area contributed by atoms with Crippen molar-refractivity contribution in [3.05, 3.63) is 23.8 Å². The molecule has 1 aliphatic rings. The van der Waals surface area contributed by atoms with E-state index in [0.717, 1.165) is 31.1 Å². The highest BCUT2D eigenvalue weighted by molar-refractivity contribution is 5.42. The van der Waals surface area contributed by atoms with Gasteiger partial charge in [-0.3, -0.25) is 0 Å². The minimum absolute atomic E-state index is 0.255. The van der Waals surface area contributed by atoms with E-state index in [0.29, 0.717) is 5.41 Å². The SMILES string of the molecule is COCCC1(CNC(C)c2ccc(OC)cc2OC)CC1. The van der Waals surface area contributed by atoms with Gasteiger partial charge in [0.15, 0.2) is 0 Å². The van der Waals surface area contributed by atoms with Crippen molar-refractivity contribution in [2.24, 2.45) is 5.41 Å². The summed E-state index contributed by atoms with van der Waals surface area (Å²) < 4.78 is 15.9. The molecular formula is C17H27NO3. The molecule has 1 fully saturated rings. The highest BCUT2D eigenvalue weighted by atomic mass is 16.5. The van der Waals surface area contributed by atoms with Crippen LogP contribution in [0.4, 0.5) is 0 Å². The lowest BCUT2D eigenvalue weighted by molar-refractivity contribution is 0.170. The second-order valence-corrected chi connectivity index (χ2v) is 5.95. The van der Waals surface area contributed by atoms with E-state index in [1.165, 1.54) is 18.4 Å². The first-order valence-electron chi connectivity index (χ1n) is 7.58. The fraction of sp³-hybridized carbons (Fsp3) is 0.647. The lowest BCUT2D eigenvalue weighted by Crippen LogP contribution is -2.27. The van der Waals surface area contributed by atoms with Crippen molar-refractivity contribution in [3.8, 4) is 11.5 Å². The van der Waals surface area contributed by atoms with Gasteiger partial charge in [-0.1, -0.05) is 6.07 Å². The summed E-state index contributed by atoms with van der Waals surface area (Å²) in [4.78, 5) is 0. The summed E-state index contributed by atoms with van der Waals surface area (Å²) in [6, 6.07) is 6.24. The molecule has 1 N–H and O–H groups in total. The van der Waals surface area contributed by atoms with Crippen LogP contribution in [0.15, 0.2) is 18.2 Å². The fourth-order valence-corrected chi connectivity index (χ4v) is 2.67. The van der Waals surface area contributed by atoms with Gasteiger partial charge in [-0.05, 0) is 37.7 Å². The highest BCUT2D eigenvalue weighted by Gasteiger charge is 2.41. The maximum Gasteiger partial charge on any atom is 0.127 e. The van der Waals surface area contributed by atoms with Crippen LogP contribution in [-0.4, -0.2) is 34.5 Å². The van der Waals surface area contributed by atoms with E-state index >= 15 is 0 Å². The van der Waals surface area contributed by atoms with E-state index in [1.807, 2.05) is 12.1 Å². The van der Waals surface area contributed by atoms with Crippen LogP contribution < -0.4 is 14.8 Å². The maximum atomic E-state index is 5.48. The summed E-state index contributed by atoms with van der Waals surface area (Å²) in [5, 5.41) is 3.65. The van der Waals surface area contributed by atoms with Gasteiger partial charge >= 0.3 is 0 Å². The first kappa shape index (κ1) is 16.1. The maximum absolute atomic E-state index is 5.48. The van der Waals surface area contributed by atoms with E-state index < -0.39 is 0 Å². The summed E-state index contributed by atoms with van der Waals surface area (Å²) in [5.41, 5.74) is 1.62. The van der Waals surface area contributed by atoms with Crippen LogP contribution in [-0.2, 0) is 4.74 Å². The Kier molecular flexibility index (Phi) is 5.48. The normalized spacial score (nSPS) is 17.3. The third-order valence-electron chi connectivity index (χ3n) is 4.48. The molecule has 1 unspecified atom stereocenters. The summed E-state index contributed by atoms with van der Waals surface area (Å²) in [6.07, 6.45) is 3.74.